The van der Waals surface area contributed by atoms with Gasteiger partial charge in [0.25, 0.3) is 0 Å². The quantitative estimate of drug-likeness (QED) is 0.909. The zero-order chi connectivity index (χ0) is 14.7. The van der Waals surface area contributed by atoms with Crippen LogP contribution >= 0.6 is 0 Å². The van der Waals surface area contributed by atoms with Crippen LogP contribution in [0.25, 0.3) is 0 Å². The molecule has 0 amide bonds. The average molecular weight is 284 g/mol. The first-order valence-electron chi connectivity index (χ1n) is 7.87. The molecule has 1 aliphatic heterocycles. The lowest BCUT2D eigenvalue weighted by molar-refractivity contribution is 0.435. The number of benzene rings is 1. The summed E-state index contributed by atoms with van der Waals surface area (Å²) < 4.78 is 5.93. The Labute approximate surface area is 127 Å². The zero-order valence-corrected chi connectivity index (χ0v) is 12.9. The molecule has 1 N–H and O–H groups in total. The summed E-state index contributed by atoms with van der Waals surface area (Å²) in [6.07, 6.45) is 1.18. The Bertz CT molecular complexity index is 590. The molecule has 1 aliphatic rings. The van der Waals surface area contributed by atoms with Crippen LogP contribution in [0.2, 0.25) is 0 Å². The molecule has 112 valence electrons. The maximum Gasteiger partial charge on any atom is 0.123 e. The van der Waals surface area contributed by atoms with Crippen LogP contribution in [0, 0.1) is 5.92 Å². The SMILES string of the molecule is CCNCc1ccc(CN2CC(C)Cc3ccccc32)o1. The second-order valence-corrected chi connectivity index (χ2v) is 5.97. The van der Waals surface area contributed by atoms with Gasteiger partial charge in [0.1, 0.15) is 11.5 Å². The van der Waals surface area contributed by atoms with Crippen molar-refractivity contribution in [3.05, 3.63) is 53.5 Å². The number of fused-ring (bicyclic) bond motifs is 1. The van der Waals surface area contributed by atoms with E-state index in [1.165, 1.54) is 17.7 Å². The Kier molecular flexibility index (Phi) is 4.30. The molecule has 21 heavy (non-hydrogen) atoms. The van der Waals surface area contributed by atoms with E-state index in [0.29, 0.717) is 5.92 Å². The highest BCUT2D eigenvalue weighted by Gasteiger charge is 2.22. The second kappa shape index (κ2) is 6.35. The number of hydrogen-bond donors (Lipinski definition) is 1. The van der Waals surface area contributed by atoms with E-state index in [1.807, 2.05) is 0 Å². The zero-order valence-electron chi connectivity index (χ0n) is 12.9. The summed E-state index contributed by atoms with van der Waals surface area (Å²) in [5.41, 5.74) is 2.82. The van der Waals surface area contributed by atoms with Gasteiger partial charge in [0.05, 0.1) is 13.1 Å². The molecule has 0 aliphatic carbocycles. The molecule has 1 aromatic carbocycles. The van der Waals surface area contributed by atoms with E-state index in [-0.39, 0.29) is 0 Å². The fourth-order valence-corrected chi connectivity index (χ4v) is 3.09. The Morgan fingerprint density at radius 1 is 1.19 bits per heavy atom. The molecular weight excluding hydrogens is 260 g/mol. The maximum absolute atomic E-state index is 5.93. The van der Waals surface area contributed by atoms with E-state index >= 15 is 0 Å². The summed E-state index contributed by atoms with van der Waals surface area (Å²) >= 11 is 0. The highest BCUT2D eigenvalue weighted by Crippen LogP contribution is 2.30. The number of hydrogen-bond acceptors (Lipinski definition) is 3. The third-order valence-corrected chi connectivity index (χ3v) is 4.05. The monoisotopic (exact) mass is 284 g/mol. The topological polar surface area (TPSA) is 28.4 Å². The summed E-state index contributed by atoms with van der Waals surface area (Å²) in [6.45, 7) is 8.15. The van der Waals surface area contributed by atoms with Gasteiger partial charge in [-0.1, -0.05) is 32.0 Å². The van der Waals surface area contributed by atoms with E-state index in [4.69, 9.17) is 4.42 Å². The van der Waals surface area contributed by atoms with E-state index in [0.717, 1.165) is 37.7 Å². The Morgan fingerprint density at radius 3 is 2.86 bits per heavy atom. The van der Waals surface area contributed by atoms with Crippen molar-refractivity contribution in [1.82, 2.24) is 5.32 Å². The van der Waals surface area contributed by atoms with Gasteiger partial charge in [-0.15, -0.1) is 0 Å². The molecule has 0 fully saturated rings. The molecular formula is C18H24N2O. The highest BCUT2D eigenvalue weighted by atomic mass is 16.3. The fourth-order valence-electron chi connectivity index (χ4n) is 3.09. The molecule has 2 aromatic rings. The van der Waals surface area contributed by atoms with Gasteiger partial charge in [0.2, 0.25) is 0 Å². The summed E-state index contributed by atoms with van der Waals surface area (Å²) in [6, 6.07) is 12.9. The number of rotatable bonds is 5. The van der Waals surface area contributed by atoms with Crippen molar-refractivity contribution in [3.8, 4) is 0 Å². The number of nitrogens with one attached hydrogen (secondary N) is 1. The first-order valence-corrected chi connectivity index (χ1v) is 7.87. The number of furan rings is 1. The third kappa shape index (κ3) is 3.30. The van der Waals surface area contributed by atoms with Crippen molar-refractivity contribution in [1.29, 1.82) is 0 Å². The van der Waals surface area contributed by atoms with Crippen LogP contribution in [-0.4, -0.2) is 13.1 Å². The molecule has 2 heterocycles. The van der Waals surface area contributed by atoms with Crippen LogP contribution in [-0.2, 0) is 19.5 Å². The standard InChI is InChI=1S/C18H24N2O/c1-3-19-11-16-8-9-17(21-16)13-20-12-14(2)10-15-6-4-5-7-18(15)20/h4-9,14,19H,3,10-13H2,1-2H3. The van der Waals surface area contributed by atoms with Gasteiger partial charge < -0.3 is 14.6 Å². The molecule has 0 saturated carbocycles. The number of nitrogens with zero attached hydrogens (tertiary/aromatic N) is 1. The maximum atomic E-state index is 5.93. The first kappa shape index (κ1) is 14.2. The smallest absolute Gasteiger partial charge is 0.123 e. The number of anilines is 1. The van der Waals surface area contributed by atoms with Gasteiger partial charge in [0, 0.05) is 12.2 Å². The molecule has 3 heteroatoms. The minimum atomic E-state index is 0.691. The van der Waals surface area contributed by atoms with Gasteiger partial charge in [-0.3, -0.25) is 0 Å². The second-order valence-electron chi connectivity index (χ2n) is 5.97. The van der Waals surface area contributed by atoms with Gasteiger partial charge in [-0.05, 0) is 42.6 Å². The number of para-hydroxylation sites is 1. The molecule has 3 rings (SSSR count). The van der Waals surface area contributed by atoms with Crippen molar-refractivity contribution < 1.29 is 4.42 Å². The van der Waals surface area contributed by atoms with Crippen LogP contribution in [0.4, 0.5) is 5.69 Å². The first-order chi connectivity index (χ1) is 10.3. The molecule has 0 spiro atoms. The highest BCUT2D eigenvalue weighted by molar-refractivity contribution is 5.55. The molecule has 0 bridgehead atoms. The molecule has 0 radical (unpaired) electrons. The van der Waals surface area contributed by atoms with E-state index in [9.17, 15) is 0 Å². The Morgan fingerprint density at radius 2 is 2.00 bits per heavy atom. The van der Waals surface area contributed by atoms with Crippen LogP contribution in [0.15, 0.2) is 40.8 Å². The molecule has 1 atom stereocenters. The fraction of sp³-hybridized carbons (Fsp3) is 0.444. The molecule has 1 aromatic heterocycles. The van der Waals surface area contributed by atoms with Crippen LogP contribution in [0.1, 0.15) is 30.9 Å². The average Bonchev–Trinajstić information content (AvgIpc) is 2.92. The van der Waals surface area contributed by atoms with E-state index in [1.54, 1.807) is 0 Å². The van der Waals surface area contributed by atoms with E-state index in [2.05, 4.69) is 60.5 Å². The summed E-state index contributed by atoms with van der Waals surface area (Å²) in [5, 5.41) is 3.30. The summed E-state index contributed by atoms with van der Waals surface area (Å²) in [7, 11) is 0. The molecule has 1 unspecified atom stereocenters. The van der Waals surface area contributed by atoms with E-state index < -0.39 is 0 Å². The molecule has 0 saturated heterocycles. The Hall–Kier alpha value is -1.74. The van der Waals surface area contributed by atoms with Crippen molar-refractivity contribution >= 4 is 5.69 Å². The summed E-state index contributed by atoms with van der Waals surface area (Å²) in [5.74, 6) is 2.76. The predicted molar refractivity (Wildman–Crippen MR) is 86.4 cm³/mol. The van der Waals surface area contributed by atoms with Crippen molar-refractivity contribution in [2.45, 2.75) is 33.4 Å². The van der Waals surface area contributed by atoms with Crippen LogP contribution in [0.5, 0.6) is 0 Å². The molecule has 3 nitrogen and oxygen atoms in total. The van der Waals surface area contributed by atoms with Crippen molar-refractivity contribution in [2.24, 2.45) is 5.92 Å². The van der Waals surface area contributed by atoms with Crippen molar-refractivity contribution in [3.63, 3.8) is 0 Å². The van der Waals surface area contributed by atoms with Gasteiger partial charge in [0.15, 0.2) is 0 Å². The van der Waals surface area contributed by atoms with Crippen LogP contribution in [0.3, 0.4) is 0 Å². The predicted octanol–water partition coefficient (Wildman–Crippen LogP) is 3.59. The third-order valence-electron chi connectivity index (χ3n) is 4.05. The van der Waals surface area contributed by atoms with Gasteiger partial charge >= 0.3 is 0 Å². The van der Waals surface area contributed by atoms with Crippen molar-refractivity contribution in [2.75, 3.05) is 18.0 Å². The lowest BCUT2D eigenvalue weighted by atomic mass is 9.94. The lowest BCUT2D eigenvalue weighted by Gasteiger charge is -2.34. The van der Waals surface area contributed by atoms with Gasteiger partial charge in [-0.25, -0.2) is 0 Å². The Balaban J connectivity index is 1.74. The minimum Gasteiger partial charge on any atom is -0.463 e. The van der Waals surface area contributed by atoms with Crippen LogP contribution < -0.4 is 10.2 Å². The minimum absolute atomic E-state index is 0.691. The van der Waals surface area contributed by atoms with Gasteiger partial charge in [-0.2, -0.15) is 0 Å². The normalized spacial score (nSPS) is 17.8. The largest absolute Gasteiger partial charge is 0.463 e. The lowest BCUT2D eigenvalue weighted by Crippen LogP contribution is -2.33. The summed E-state index contributed by atoms with van der Waals surface area (Å²) in [4.78, 5) is 2.44.